The van der Waals surface area contributed by atoms with Gasteiger partial charge < -0.3 is 11.1 Å². The SMILES string of the molecule is Cc1nc(Nc2cc(Br)cs2)ccc1N. The molecular formula is C10H10BrN3S. The first-order valence-electron chi connectivity index (χ1n) is 4.39. The summed E-state index contributed by atoms with van der Waals surface area (Å²) in [6.07, 6.45) is 0. The van der Waals surface area contributed by atoms with Gasteiger partial charge in [-0.2, -0.15) is 0 Å². The van der Waals surface area contributed by atoms with Gasteiger partial charge >= 0.3 is 0 Å². The molecule has 0 amide bonds. The normalized spacial score (nSPS) is 10.3. The molecule has 2 heterocycles. The summed E-state index contributed by atoms with van der Waals surface area (Å²) in [6.45, 7) is 1.89. The number of thiophene rings is 1. The van der Waals surface area contributed by atoms with Crippen LogP contribution >= 0.6 is 27.3 Å². The van der Waals surface area contributed by atoms with E-state index in [2.05, 4.69) is 26.2 Å². The van der Waals surface area contributed by atoms with Crippen molar-refractivity contribution in [1.82, 2.24) is 4.98 Å². The third-order valence-corrected chi connectivity index (χ3v) is 3.55. The Morgan fingerprint density at radius 3 is 2.87 bits per heavy atom. The lowest BCUT2D eigenvalue weighted by Crippen LogP contribution is -1.96. The average molecular weight is 284 g/mol. The fourth-order valence-electron chi connectivity index (χ4n) is 1.15. The summed E-state index contributed by atoms with van der Waals surface area (Å²) in [5, 5.41) is 6.29. The number of rotatable bonds is 2. The Balaban J connectivity index is 2.21. The largest absolute Gasteiger partial charge is 0.397 e. The van der Waals surface area contributed by atoms with Gasteiger partial charge in [-0.1, -0.05) is 0 Å². The summed E-state index contributed by atoms with van der Waals surface area (Å²) >= 11 is 5.03. The van der Waals surface area contributed by atoms with E-state index in [0.29, 0.717) is 5.69 Å². The molecule has 0 unspecified atom stereocenters. The topological polar surface area (TPSA) is 50.9 Å². The lowest BCUT2D eigenvalue weighted by molar-refractivity contribution is 1.21. The highest BCUT2D eigenvalue weighted by Crippen LogP contribution is 2.27. The van der Waals surface area contributed by atoms with Gasteiger partial charge in [-0.3, -0.25) is 0 Å². The predicted octanol–water partition coefficient (Wildman–Crippen LogP) is 3.54. The summed E-state index contributed by atoms with van der Waals surface area (Å²) in [7, 11) is 0. The first-order chi connectivity index (χ1) is 7.15. The number of halogens is 1. The van der Waals surface area contributed by atoms with Crippen molar-refractivity contribution >= 4 is 43.8 Å². The zero-order valence-electron chi connectivity index (χ0n) is 8.12. The molecule has 0 aliphatic heterocycles. The Bertz CT molecular complexity index is 481. The van der Waals surface area contributed by atoms with Crippen LogP contribution in [-0.4, -0.2) is 4.98 Å². The van der Waals surface area contributed by atoms with E-state index in [1.165, 1.54) is 0 Å². The second-order valence-electron chi connectivity index (χ2n) is 3.13. The van der Waals surface area contributed by atoms with Crippen molar-refractivity contribution in [2.24, 2.45) is 0 Å². The fourth-order valence-corrected chi connectivity index (χ4v) is 2.47. The number of nitrogens with zero attached hydrogens (tertiary/aromatic N) is 1. The maximum atomic E-state index is 5.69. The number of anilines is 3. The first-order valence-corrected chi connectivity index (χ1v) is 6.06. The zero-order chi connectivity index (χ0) is 10.8. The van der Waals surface area contributed by atoms with Gasteiger partial charge in [0.2, 0.25) is 0 Å². The molecule has 0 spiro atoms. The van der Waals surface area contributed by atoms with Crippen molar-refractivity contribution in [2.45, 2.75) is 6.92 Å². The molecule has 0 saturated carbocycles. The molecule has 0 saturated heterocycles. The number of nitrogen functional groups attached to an aromatic ring is 1. The summed E-state index contributed by atoms with van der Waals surface area (Å²) in [6, 6.07) is 5.74. The molecule has 0 atom stereocenters. The van der Waals surface area contributed by atoms with Crippen LogP contribution in [0.4, 0.5) is 16.5 Å². The molecule has 3 N–H and O–H groups in total. The van der Waals surface area contributed by atoms with E-state index < -0.39 is 0 Å². The van der Waals surface area contributed by atoms with Crippen LogP contribution in [0, 0.1) is 6.92 Å². The molecule has 15 heavy (non-hydrogen) atoms. The van der Waals surface area contributed by atoms with Crippen molar-refractivity contribution < 1.29 is 0 Å². The third kappa shape index (κ3) is 2.49. The van der Waals surface area contributed by atoms with Crippen molar-refractivity contribution in [2.75, 3.05) is 11.1 Å². The smallest absolute Gasteiger partial charge is 0.131 e. The number of aryl methyl sites for hydroxylation is 1. The Morgan fingerprint density at radius 2 is 2.27 bits per heavy atom. The van der Waals surface area contributed by atoms with Crippen LogP contribution in [0.3, 0.4) is 0 Å². The quantitative estimate of drug-likeness (QED) is 0.886. The lowest BCUT2D eigenvalue weighted by atomic mass is 10.3. The summed E-state index contributed by atoms with van der Waals surface area (Å²) in [5.74, 6) is 0.816. The molecule has 2 rings (SSSR count). The summed E-state index contributed by atoms with van der Waals surface area (Å²) < 4.78 is 1.07. The highest BCUT2D eigenvalue weighted by molar-refractivity contribution is 9.10. The van der Waals surface area contributed by atoms with Gasteiger partial charge in [0.15, 0.2) is 0 Å². The van der Waals surface area contributed by atoms with Crippen molar-refractivity contribution in [3.63, 3.8) is 0 Å². The van der Waals surface area contributed by atoms with Crippen LogP contribution in [0.2, 0.25) is 0 Å². The standard InChI is InChI=1S/C10H10BrN3S/c1-6-8(12)2-3-9(13-6)14-10-4-7(11)5-15-10/h2-5H,12H2,1H3,(H,13,14). The highest BCUT2D eigenvalue weighted by Gasteiger charge is 2.01. The van der Waals surface area contributed by atoms with Gasteiger partial charge in [0.25, 0.3) is 0 Å². The van der Waals surface area contributed by atoms with Gasteiger partial charge in [-0.15, -0.1) is 11.3 Å². The van der Waals surface area contributed by atoms with E-state index in [9.17, 15) is 0 Å². The van der Waals surface area contributed by atoms with Gasteiger partial charge in [0.05, 0.1) is 16.4 Å². The Labute approximate surface area is 100 Å². The minimum Gasteiger partial charge on any atom is -0.397 e. The number of pyridine rings is 1. The molecule has 0 radical (unpaired) electrons. The van der Waals surface area contributed by atoms with Crippen molar-refractivity contribution in [3.05, 3.63) is 33.7 Å². The lowest BCUT2D eigenvalue weighted by Gasteiger charge is -2.04. The first kappa shape index (κ1) is 10.4. The minimum absolute atomic E-state index is 0.716. The molecular weight excluding hydrogens is 274 g/mol. The van der Waals surface area contributed by atoms with Crippen LogP contribution in [0.1, 0.15) is 5.69 Å². The van der Waals surface area contributed by atoms with Gasteiger partial charge in [-0.25, -0.2) is 4.98 Å². The van der Waals surface area contributed by atoms with Gasteiger partial charge in [0, 0.05) is 9.85 Å². The molecule has 2 aromatic heterocycles. The van der Waals surface area contributed by atoms with E-state index in [1.807, 2.05) is 30.5 Å². The number of nitrogens with one attached hydrogen (secondary N) is 1. The summed E-state index contributed by atoms with van der Waals surface area (Å²) in [4.78, 5) is 4.33. The van der Waals surface area contributed by atoms with E-state index in [4.69, 9.17) is 5.73 Å². The second-order valence-corrected chi connectivity index (χ2v) is 4.95. The van der Waals surface area contributed by atoms with Crippen molar-refractivity contribution in [1.29, 1.82) is 0 Å². The predicted molar refractivity (Wildman–Crippen MR) is 68.7 cm³/mol. The number of nitrogens with two attached hydrogens (primary N) is 1. The van der Waals surface area contributed by atoms with Crippen LogP contribution in [-0.2, 0) is 0 Å². The van der Waals surface area contributed by atoms with Gasteiger partial charge in [-0.05, 0) is 41.1 Å². The zero-order valence-corrected chi connectivity index (χ0v) is 10.5. The van der Waals surface area contributed by atoms with Crippen LogP contribution in [0.15, 0.2) is 28.1 Å². The fraction of sp³-hybridized carbons (Fsp3) is 0.100. The Kier molecular flexibility index (Phi) is 2.93. The van der Waals surface area contributed by atoms with E-state index in [0.717, 1.165) is 21.0 Å². The Hall–Kier alpha value is -1.07. The molecule has 0 aliphatic carbocycles. The van der Waals surface area contributed by atoms with Crippen LogP contribution in [0.5, 0.6) is 0 Å². The van der Waals surface area contributed by atoms with Crippen LogP contribution in [0.25, 0.3) is 0 Å². The number of hydrogen-bond donors (Lipinski definition) is 2. The Morgan fingerprint density at radius 1 is 1.47 bits per heavy atom. The molecule has 3 nitrogen and oxygen atoms in total. The molecule has 0 aliphatic rings. The van der Waals surface area contributed by atoms with E-state index in [1.54, 1.807) is 11.3 Å². The van der Waals surface area contributed by atoms with E-state index in [-0.39, 0.29) is 0 Å². The number of aromatic nitrogens is 1. The molecule has 0 fully saturated rings. The van der Waals surface area contributed by atoms with Crippen LogP contribution < -0.4 is 11.1 Å². The maximum absolute atomic E-state index is 5.69. The minimum atomic E-state index is 0.716. The molecule has 5 heteroatoms. The number of hydrogen-bond acceptors (Lipinski definition) is 4. The molecule has 0 bridgehead atoms. The highest BCUT2D eigenvalue weighted by atomic mass is 79.9. The molecule has 2 aromatic rings. The maximum Gasteiger partial charge on any atom is 0.131 e. The van der Waals surface area contributed by atoms with Crippen molar-refractivity contribution in [3.8, 4) is 0 Å². The average Bonchev–Trinajstić information content (AvgIpc) is 2.58. The second kappa shape index (κ2) is 4.20. The monoisotopic (exact) mass is 283 g/mol. The molecule has 78 valence electrons. The van der Waals surface area contributed by atoms with E-state index >= 15 is 0 Å². The summed E-state index contributed by atoms with van der Waals surface area (Å²) in [5.41, 5.74) is 7.25. The molecule has 0 aromatic carbocycles. The third-order valence-electron chi connectivity index (χ3n) is 1.95. The van der Waals surface area contributed by atoms with Gasteiger partial charge in [0.1, 0.15) is 5.82 Å².